The van der Waals surface area contributed by atoms with Crippen LogP contribution < -0.4 is 27.7 Å². The van der Waals surface area contributed by atoms with Gasteiger partial charge in [0.1, 0.15) is 6.54 Å². The number of nitrogens with zero attached hydrogens (tertiary/aromatic N) is 3. The van der Waals surface area contributed by atoms with Crippen molar-refractivity contribution in [3.63, 3.8) is 0 Å². The molecule has 3 rings (SSSR count). The van der Waals surface area contributed by atoms with Crippen molar-refractivity contribution >= 4 is 54.9 Å². The van der Waals surface area contributed by atoms with E-state index < -0.39 is 0 Å². The zero-order valence-electron chi connectivity index (χ0n) is 21.3. The summed E-state index contributed by atoms with van der Waals surface area (Å²) in [7, 11) is 0. The highest BCUT2D eigenvalue weighted by atomic mass is 35.5. The Morgan fingerprint density at radius 2 is 1.66 bits per heavy atom. The minimum absolute atomic E-state index is 0. The van der Waals surface area contributed by atoms with E-state index in [1.54, 1.807) is 6.20 Å². The van der Waals surface area contributed by atoms with Crippen LogP contribution in [0, 0.1) is 6.92 Å². The van der Waals surface area contributed by atoms with Crippen molar-refractivity contribution in [2.24, 2.45) is 16.5 Å². The molecule has 0 saturated carbocycles. The first-order chi connectivity index (χ1) is 16.9. The van der Waals surface area contributed by atoms with E-state index >= 15 is 0 Å². The van der Waals surface area contributed by atoms with Crippen molar-refractivity contribution in [2.75, 3.05) is 25.0 Å². The quantitative estimate of drug-likeness (QED) is 0.146. The van der Waals surface area contributed by atoms with Gasteiger partial charge in [0, 0.05) is 19.6 Å². The molecule has 0 aliphatic carbocycles. The lowest BCUT2D eigenvalue weighted by Crippen LogP contribution is -2.35. The molecule has 12 heteroatoms. The van der Waals surface area contributed by atoms with Gasteiger partial charge in [-0.2, -0.15) is 0 Å². The fourth-order valence-corrected chi connectivity index (χ4v) is 3.56. The predicted molar refractivity (Wildman–Crippen MR) is 162 cm³/mol. The van der Waals surface area contributed by atoms with Crippen LogP contribution in [0.4, 0.5) is 5.82 Å². The number of aliphatic imine (C=N–C) groups is 1. The summed E-state index contributed by atoms with van der Waals surface area (Å²) >= 11 is 0. The number of aromatic nitrogens is 2. The minimum Gasteiger partial charge on any atom is -0.370 e. The molecule has 0 spiro atoms. The van der Waals surface area contributed by atoms with Gasteiger partial charge in [-0.05, 0) is 37.3 Å². The molecule has 0 fully saturated rings. The van der Waals surface area contributed by atoms with E-state index in [0.29, 0.717) is 25.3 Å². The summed E-state index contributed by atoms with van der Waals surface area (Å²) in [6.07, 6.45) is 3.86. The smallest absolute Gasteiger partial charge is 0.294 e. The first-order valence-corrected chi connectivity index (χ1v) is 11.7. The second-order valence-electron chi connectivity index (χ2n) is 8.28. The van der Waals surface area contributed by atoms with Gasteiger partial charge in [0.15, 0.2) is 11.8 Å². The molecule has 2 aromatic carbocycles. The van der Waals surface area contributed by atoms with Gasteiger partial charge in [0.05, 0.1) is 11.9 Å². The number of amides is 1. The Kier molecular flexibility index (Phi) is 16.5. The lowest BCUT2D eigenvalue weighted by molar-refractivity contribution is -0.121. The minimum atomic E-state index is -0.334. The summed E-state index contributed by atoms with van der Waals surface area (Å²) in [5, 5.41) is 6.00. The van der Waals surface area contributed by atoms with Gasteiger partial charge in [0.2, 0.25) is 5.91 Å². The van der Waals surface area contributed by atoms with Crippen molar-refractivity contribution < 1.29 is 4.79 Å². The van der Waals surface area contributed by atoms with Crippen molar-refractivity contribution in [3.05, 3.63) is 82.3 Å². The molecule has 0 aliphatic rings. The number of hydrogen-bond donors (Lipinski definition) is 4. The van der Waals surface area contributed by atoms with Crippen molar-refractivity contribution in [2.45, 2.75) is 32.7 Å². The average Bonchev–Trinajstić information content (AvgIpc) is 2.85. The zero-order chi connectivity index (χ0) is 25.0. The number of anilines is 1. The lowest BCUT2D eigenvalue weighted by atomic mass is 10.1. The Balaban J connectivity index is 0.00000456. The zero-order valence-corrected chi connectivity index (χ0v) is 23.7. The molecule has 3 aromatic rings. The standard InChI is InChI=1S/C26H33N7O2.3ClH/c1-19-9-11-21(12-10-19)22-17-32-24(30-16-13-20-7-3-2-4-8-20)25(35)33(22)18-23(34)29-14-5-6-15-31-26(27)28;;;/h2-4,7-12,17H,5-6,13-16,18H2,1H3,(H,29,34)(H,30,32)(H4,27,28,31);3*1H. The maximum Gasteiger partial charge on any atom is 0.294 e. The summed E-state index contributed by atoms with van der Waals surface area (Å²) in [6, 6.07) is 17.8. The van der Waals surface area contributed by atoms with E-state index in [4.69, 9.17) is 11.5 Å². The van der Waals surface area contributed by atoms with Crippen LogP contribution in [0.1, 0.15) is 24.0 Å². The molecule has 1 aromatic heterocycles. The third kappa shape index (κ3) is 11.0. The molecule has 0 unspecified atom stereocenters. The number of nitrogens with two attached hydrogens (primary N) is 2. The Labute approximate surface area is 241 Å². The monoisotopic (exact) mass is 583 g/mol. The first kappa shape index (κ1) is 34.7. The molecule has 1 amide bonds. The van der Waals surface area contributed by atoms with Gasteiger partial charge in [-0.25, -0.2) is 4.98 Å². The molecule has 38 heavy (non-hydrogen) atoms. The van der Waals surface area contributed by atoms with Crippen LogP contribution in [0.15, 0.2) is 70.6 Å². The molecule has 9 nitrogen and oxygen atoms in total. The Hall–Kier alpha value is -3.27. The number of carbonyl (C=O) groups is 1. The molecule has 1 heterocycles. The highest BCUT2D eigenvalue weighted by Gasteiger charge is 2.15. The number of benzene rings is 2. The fraction of sp³-hybridized carbons (Fsp3) is 0.308. The molecule has 6 N–H and O–H groups in total. The summed E-state index contributed by atoms with van der Waals surface area (Å²) < 4.78 is 1.47. The van der Waals surface area contributed by atoms with Gasteiger partial charge >= 0.3 is 0 Å². The first-order valence-electron chi connectivity index (χ1n) is 11.7. The summed E-state index contributed by atoms with van der Waals surface area (Å²) in [6.45, 7) is 3.43. The van der Waals surface area contributed by atoms with Gasteiger partial charge in [-0.15, -0.1) is 37.2 Å². The second kappa shape index (κ2) is 18.1. The molecule has 0 atom stereocenters. The number of aryl methyl sites for hydroxylation is 1. The third-order valence-corrected chi connectivity index (χ3v) is 5.45. The summed E-state index contributed by atoms with van der Waals surface area (Å²) in [5.41, 5.74) is 14.0. The van der Waals surface area contributed by atoms with Gasteiger partial charge in [-0.3, -0.25) is 19.1 Å². The number of unbranched alkanes of at least 4 members (excludes halogenated alkanes) is 1. The predicted octanol–water partition coefficient (Wildman–Crippen LogP) is 3.31. The maximum atomic E-state index is 13.3. The molecule has 0 aliphatic heterocycles. The SMILES string of the molecule is Cc1ccc(-c2cnc(NCCc3ccccc3)c(=O)n2CC(=O)NCCCCN=C(N)N)cc1.Cl.Cl.Cl. The molecule has 0 bridgehead atoms. The van der Waals surface area contributed by atoms with Crippen LogP contribution in [0.2, 0.25) is 0 Å². The van der Waals surface area contributed by atoms with E-state index in [1.165, 1.54) is 4.57 Å². The van der Waals surface area contributed by atoms with Gasteiger partial charge in [0.25, 0.3) is 5.56 Å². The second-order valence-corrected chi connectivity index (χ2v) is 8.28. The van der Waals surface area contributed by atoms with Crippen molar-refractivity contribution in [1.29, 1.82) is 0 Å². The van der Waals surface area contributed by atoms with Crippen molar-refractivity contribution in [3.8, 4) is 11.3 Å². The number of hydrogen-bond acceptors (Lipinski definition) is 5. The van der Waals surface area contributed by atoms with Crippen LogP contribution in [0.5, 0.6) is 0 Å². The highest BCUT2D eigenvalue weighted by Crippen LogP contribution is 2.19. The van der Waals surface area contributed by atoms with Crippen LogP contribution in [-0.2, 0) is 17.8 Å². The normalized spacial score (nSPS) is 9.71. The topological polar surface area (TPSA) is 140 Å². The Bertz CT molecular complexity index is 1200. The molecule has 208 valence electrons. The average molecular weight is 585 g/mol. The summed E-state index contributed by atoms with van der Waals surface area (Å²) in [4.78, 5) is 34.3. The number of guanidine groups is 1. The third-order valence-electron chi connectivity index (χ3n) is 5.45. The van der Waals surface area contributed by atoms with E-state index in [1.807, 2.05) is 61.5 Å². The maximum absolute atomic E-state index is 13.3. The van der Waals surface area contributed by atoms with E-state index in [0.717, 1.165) is 36.0 Å². The van der Waals surface area contributed by atoms with E-state index in [9.17, 15) is 9.59 Å². The largest absolute Gasteiger partial charge is 0.370 e. The molecular weight excluding hydrogens is 549 g/mol. The Morgan fingerprint density at radius 3 is 2.32 bits per heavy atom. The number of carbonyl (C=O) groups excluding carboxylic acids is 1. The van der Waals surface area contributed by atoms with E-state index in [2.05, 4.69) is 20.6 Å². The van der Waals surface area contributed by atoms with Crippen LogP contribution in [-0.4, -0.2) is 41.1 Å². The van der Waals surface area contributed by atoms with Gasteiger partial charge in [-0.1, -0.05) is 60.2 Å². The molecular formula is C26H36Cl3N7O2. The molecule has 0 radical (unpaired) electrons. The summed E-state index contributed by atoms with van der Waals surface area (Å²) in [5.74, 6) is 0.0356. The highest BCUT2D eigenvalue weighted by molar-refractivity contribution is 5.86. The lowest BCUT2D eigenvalue weighted by Gasteiger charge is -2.15. The molecule has 0 saturated heterocycles. The number of halogens is 3. The van der Waals surface area contributed by atoms with Crippen LogP contribution in [0.3, 0.4) is 0 Å². The fourth-order valence-electron chi connectivity index (χ4n) is 3.56. The van der Waals surface area contributed by atoms with Crippen LogP contribution in [0.25, 0.3) is 11.3 Å². The number of rotatable bonds is 12. The number of nitrogens with one attached hydrogen (secondary N) is 2. The van der Waals surface area contributed by atoms with Crippen LogP contribution >= 0.6 is 37.2 Å². The van der Waals surface area contributed by atoms with E-state index in [-0.39, 0.29) is 67.0 Å². The Morgan fingerprint density at radius 1 is 0.974 bits per heavy atom. The van der Waals surface area contributed by atoms with Gasteiger partial charge < -0.3 is 22.1 Å². The van der Waals surface area contributed by atoms with Crippen molar-refractivity contribution in [1.82, 2.24) is 14.9 Å².